The van der Waals surface area contributed by atoms with Crippen LogP contribution in [0.25, 0.3) is 5.76 Å². The van der Waals surface area contributed by atoms with Crippen molar-refractivity contribution < 1.29 is 82.1 Å². The molecule has 16 N–H and O–H groups in total. The number of nitrogens with zero attached hydrogens (tertiary/aromatic N) is 8. The number of anilines is 4. The Bertz CT molecular complexity index is 4160. The molecule has 0 saturated carbocycles. The lowest BCUT2D eigenvalue weighted by Gasteiger charge is -2.28. The van der Waals surface area contributed by atoms with Gasteiger partial charge in [0.05, 0.1) is 41.9 Å². The normalized spacial score (nSPS) is 17.1. The number of halogens is 1. The van der Waals surface area contributed by atoms with Crippen LogP contribution in [-0.2, 0) is 42.9 Å². The van der Waals surface area contributed by atoms with Crippen LogP contribution in [0, 0.1) is 19.7 Å². The third-order valence-corrected chi connectivity index (χ3v) is 23.1. The number of aryl methyl sites for hydroxylation is 3. The number of carboxylic acids is 3. The number of aromatic nitrogens is 8. The number of aliphatic hydroxyl groups excluding tert-OH is 1. The van der Waals surface area contributed by atoms with Gasteiger partial charge in [-0.15, -0.1) is 40.8 Å². The van der Waals surface area contributed by atoms with E-state index in [1.807, 2.05) is 25.1 Å². The highest BCUT2D eigenvalue weighted by Gasteiger charge is 2.43. The fraction of sp³-hybridized carbons (Fsp3) is 0.275. The van der Waals surface area contributed by atoms with Crippen LogP contribution in [0.15, 0.2) is 71.3 Å². The Labute approximate surface area is 565 Å². The minimum absolute atomic E-state index is 0.0974. The SMILES string of the molecule is C=C(O)c1c(S(C)=O)ccc2c1OB(O)[C@@H](Sc1nnc(N)s1)C2.CCCc1ccc2c(c1C(=O)O)OB(O)[C@@H](Sc1nnc(N)s1)C2.Cc1cc(F)c2c(c1C(=O)O)OB(O)[C@@H](Sc1nnc(N)s1)C2.Cc1ccc2c(c1C(=O)O)OB(O)[C@@H](Sc1nnc(N)s1)C2. The summed E-state index contributed by atoms with van der Waals surface area (Å²) in [5, 5.41) is 109. The lowest BCUT2D eigenvalue weighted by atomic mass is 9.77. The number of carboxylic acid groups (broad SMARTS) is 3. The average molecular weight is 1440 g/mol. The van der Waals surface area contributed by atoms with Crippen LogP contribution in [0.2, 0.25) is 0 Å². The lowest BCUT2D eigenvalue weighted by Crippen LogP contribution is -2.41. The van der Waals surface area contributed by atoms with E-state index in [4.69, 9.17) is 41.6 Å². The Morgan fingerprint density at radius 1 is 0.559 bits per heavy atom. The van der Waals surface area contributed by atoms with Crippen LogP contribution in [0.3, 0.4) is 0 Å². The van der Waals surface area contributed by atoms with Crippen molar-refractivity contribution in [2.45, 2.75) is 102 Å². The molecule has 0 spiro atoms. The smallest absolute Gasteiger partial charge is 0.535 e. The number of carbonyl (C=O) groups is 3. The molecule has 28 nitrogen and oxygen atoms in total. The second-order valence-electron chi connectivity index (χ2n) is 20.3. The first-order chi connectivity index (χ1) is 44.2. The molecular formula is C51H53B4FN12O16S9. The molecule has 4 aromatic carbocycles. The van der Waals surface area contributed by atoms with E-state index in [0.29, 0.717) is 74.6 Å². The summed E-state index contributed by atoms with van der Waals surface area (Å²) in [6, 6.07) is 11.9. The minimum Gasteiger partial charge on any atom is -0.535 e. The van der Waals surface area contributed by atoms with E-state index in [1.165, 1.54) is 82.5 Å². The molecule has 8 aromatic rings. The summed E-state index contributed by atoms with van der Waals surface area (Å²) in [4.78, 5) is 34.8. The van der Waals surface area contributed by atoms with Crippen molar-refractivity contribution in [1.29, 1.82) is 0 Å². The first-order valence-electron chi connectivity index (χ1n) is 27.3. The number of nitrogen functional groups attached to an aromatic ring is 4. The highest BCUT2D eigenvalue weighted by molar-refractivity contribution is 8.03. The molecule has 42 heteroatoms. The van der Waals surface area contributed by atoms with Crippen LogP contribution in [-0.4, -0.2) is 159 Å². The fourth-order valence-electron chi connectivity index (χ4n) is 9.78. The second-order valence-corrected chi connectivity index (χ2v) is 31.6. The third kappa shape index (κ3) is 16.8. The summed E-state index contributed by atoms with van der Waals surface area (Å²) in [6.07, 6.45) is 4.53. The van der Waals surface area contributed by atoms with Gasteiger partial charge in [0.25, 0.3) is 0 Å². The summed E-state index contributed by atoms with van der Waals surface area (Å²) in [6.45, 7) is 8.68. The van der Waals surface area contributed by atoms with E-state index in [-0.39, 0.29) is 83.4 Å². The van der Waals surface area contributed by atoms with Crippen molar-refractivity contribution in [1.82, 2.24) is 40.8 Å². The first-order valence-corrected chi connectivity index (χ1v) is 35.6. The quantitative estimate of drug-likeness (QED) is 0.0413. The summed E-state index contributed by atoms with van der Waals surface area (Å²) in [5.74, 6) is -3.41. The molecule has 4 aromatic heterocycles. The molecule has 0 bridgehead atoms. The minimum atomic E-state index is -1.33. The molecule has 12 rings (SSSR count). The van der Waals surface area contributed by atoms with E-state index in [0.717, 1.165) is 57.8 Å². The number of fused-ring (bicyclic) bond motifs is 4. The van der Waals surface area contributed by atoms with Gasteiger partial charge in [0, 0.05) is 11.8 Å². The number of nitrogens with two attached hydrogens (primary N) is 4. The Morgan fingerprint density at radius 2 is 0.914 bits per heavy atom. The molecule has 0 saturated heterocycles. The third-order valence-electron chi connectivity index (χ3n) is 13.9. The van der Waals surface area contributed by atoms with E-state index in [1.54, 1.807) is 25.1 Å². The van der Waals surface area contributed by atoms with Crippen molar-refractivity contribution in [2.75, 3.05) is 29.2 Å². The van der Waals surface area contributed by atoms with E-state index < -0.39 is 68.1 Å². The predicted octanol–water partition coefficient (Wildman–Crippen LogP) is 6.01. The molecule has 4 aliphatic heterocycles. The molecule has 0 radical (unpaired) electrons. The van der Waals surface area contributed by atoms with Crippen molar-refractivity contribution in [3.63, 3.8) is 0 Å². The molecule has 486 valence electrons. The van der Waals surface area contributed by atoms with E-state index >= 15 is 0 Å². The summed E-state index contributed by atoms with van der Waals surface area (Å²) >= 11 is 9.99. The molecule has 4 aliphatic rings. The van der Waals surface area contributed by atoms with Gasteiger partial charge in [0.15, 0.2) is 17.4 Å². The summed E-state index contributed by atoms with van der Waals surface area (Å²) in [5.41, 5.74) is 26.6. The first kappa shape index (κ1) is 70.4. The zero-order valence-electron chi connectivity index (χ0n) is 48.9. The zero-order valence-corrected chi connectivity index (χ0v) is 56.2. The number of thioether (sulfide) groups is 4. The van der Waals surface area contributed by atoms with E-state index in [2.05, 4.69) is 47.4 Å². The molecule has 1 unspecified atom stereocenters. The van der Waals surface area contributed by atoms with Gasteiger partial charge in [-0.25, -0.2) is 18.8 Å². The number of aromatic carboxylic acids is 3. The number of aliphatic hydroxyl groups is 1. The van der Waals surface area contributed by atoms with Gasteiger partial charge in [-0.3, -0.25) is 4.21 Å². The molecule has 5 atom stereocenters. The summed E-state index contributed by atoms with van der Waals surface area (Å²) < 4.78 is 50.5. The average Bonchev–Trinajstić information content (AvgIpc) is 1.29. The van der Waals surface area contributed by atoms with Crippen LogP contribution in [0.4, 0.5) is 24.9 Å². The molecule has 8 heterocycles. The lowest BCUT2D eigenvalue weighted by molar-refractivity contribution is 0.0681. The van der Waals surface area contributed by atoms with Crippen LogP contribution < -0.4 is 41.6 Å². The van der Waals surface area contributed by atoms with Gasteiger partial charge in [0.2, 0.25) is 20.5 Å². The Kier molecular flexibility index (Phi) is 23.2. The van der Waals surface area contributed by atoms with Crippen molar-refractivity contribution in [2.24, 2.45) is 0 Å². The Hall–Kier alpha value is -6.95. The molecule has 0 fully saturated rings. The molecule has 0 amide bonds. The standard InChI is InChI=1S/C14H16BN3O4S2.C13H14BN3O4S3.C12H11BFN3O4S2.C12H12BN3O4S2/c1-2-3-7-4-5-8-6-9(23-14-18-17-13(16)24-14)15(21)22-11(8)10(7)12(19)20;1-6(18)10-8(24(2)20)4-3-7-5-9(14(19)21-11(7)10)22-13-17-16-12(15)23-13;1-4-2-6(14)5-3-7(22-12-17-16-11(15)23-12)13(20)21-9(5)8(4)10(18)19;1-5-2-3-6-4-7(21-12-16-15-11(14)22-12)13(19)20-9(6)8(5)10(17)18/h4-5,9,21H,2-3,6H2,1H3,(H2,16,17)(H,19,20);3-4,9,18-19H,1,5H2,2H3,(H2,15,16);2,7,20H,3H2,1H3,(H2,15,16)(H,18,19);2-3,7,19H,4H2,1H3,(H2,14,15)(H,17,18)/t9-;9-,24?;2*7-/m0000/s1. The molecule has 0 aliphatic carbocycles. The van der Waals surface area contributed by atoms with Crippen LogP contribution >= 0.6 is 92.4 Å². The Morgan fingerprint density at radius 3 is 1.28 bits per heavy atom. The maximum absolute atomic E-state index is 14.2. The largest absolute Gasteiger partial charge is 0.537 e. The van der Waals surface area contributed by atoms with Gasteiger partial charge >= 0.3 is 46.4 Å². The van der Waals surface area contributed by atoms with Gasteiger partial charge in [0.1, 0.15) is 51.3 Å². The van der Waals surface area contributed by atoms with Gasteiger partial charge in [-0.2, -0.15) is 0 Å². The molecular weight excluding hydrogens is 1390 g/mol. The van der Waals surface area contributed by atoms with Crippen LogP contribution in [0.1, 0.15) is 88.9 Å². The van der Waals surface area contributed by atoms with E-state index in [9.17, 15) is 63.5 Å². The van der Waals surface area contributed by atoms with Crippen molar-refractivity contribution in [3.8, 4) is 23.0 Å². The molecule has 93 heavy (non-hydrogen) atoms. The number of benzene rings is 4. The Balaban J connectivity index is 0.000000146. The number of hydrogen-bond acceptors (Lipinski definition) is 33. The highest BCUT2D eigenvalue weighted by Crippen LogP contribution is 2.45. The fourth-order valence-corrected chi connectivity index (χ4v) is 18.3. The predicted molar refractivity (Wildman–Crippen MR) is 359 cm³/mol. The number of rotatable bonds is 15. The maximum Gasteiger partial charge on any atom is 0.537 e. The second kappa shape index (κ2) is 30.6. The van der Waals surface area contributed by atoms with Gasteiger partial charge in [-0.05, 0) is 91.5 Å². The summed E-state index contributed by atoms with van der Waals surface area (Å²) in [7, 11) is -5.98. The highest BCUT2D eigenvalue weighted by atomic mass is 32.2. The monoisotopic (exact) mass is 1440 g/mol. The maximum atomic E-state index is 14.2. The topological polar surface area (TPSA) is 474 Å². The van der Waals surface area contributed by atoms with Crippen molar-refractivity contribution >= 4 is 176 Å². The van der Waals surface area contributed by atoms with Gasteiger partial charge < -0.3 is 82.1 Å². The van der Waals surface area contributed by atoms with Gasteiger partial charge in [-0.1, -0.05) is 143 Å². The van der Waals surface area contributed by atoms with Crippen LogP contribution in [0.5, 0.6) is 23.0 Å². The number of hydrogen-bond donors (Lipinski definition) is 12. The zero-order chi connectivity index (χ0) is 67.3. The van der Waals surface area contributed by atoms with Crippen molar-refractivity contribution in [3.05, 3.63) is 116 Å².